The van der Waals surface area contributed by atoms with Gasteiger partial charge in [0, 0.05) is 32.4 Å². The lowest BCUT2D eigenvalue weighted by atomic mass is 9.52. The molecule has 0 N–H and O–H groups in total. The Morgan fingerprint density at radius 2 is 1.32 bits per heavy atom. The van der Waals surface area contributed by atoms with E-state index in [1.165, 1.54) is 88.4 Å². The van der Waals surface area contributed by atoms with Crippen LogP contribution in [-0.2, 0) is 11.0 Å². The third-order valence-electron chi connectivity index (χ3n) is 14.5. The van der Waals surface area contributed by atoms with E-state index in [1.54, 1.807) is 14.2 Å². The van der Waals surface area contributed by atoms with Crippen LogP contribution in [0.1, 0.15) is 118 Å². The summed E-state index contributed by atoms with van der Waals surface area (Å²) in [7, 11) is 3.43. The maximum absolute atomic E-state index is 8.88. The van der Waals surface area contributed by atoms with Crippen LogP contribution in [0.25, 0.3) is 49.5 Å². The van der Waals surface area contributed by atoms with Crippen molar-refractivity contribution < 1.29 is 18.9 Å². The highest BCUT2D eigenvalue weighted by molar-refractivity contribution is 6.10. The van der Waals surface area contributed by atoms with Crippen molar-refractivity contribution in [2.75, 3.05) is 21.0 Å². The monoisotopic (exact) mass is 835 g/mol. The van der Waals surface area contributed by atoms with Gasteiger partial charge < -0.3 is 18.9 Å². The Balaban J connectivity index is 1.30. The number of hydrogen-bond acceptors (Lipinski definition) is 5. The maximum Gasteiger partial charge on any atom is 0.178 e. The van der Waals surface area contributed by atoms with E-state index >= 15 is 0 Å². The molecule has 1 unspecified atom stereocenters. The summed E-state index contributed by atoms with van der Waals surface area (Å²) >= 11 is 0. The first-order chi connectivity index (χ1) is 30.5. The molecule has 0 aromatic heterocycles. The summed E-state index contributed by atoms with van der Waals surface area (Å²) in [5.74, 6) is 3.61. The first-order valence-electron chi connectivity index (χ1n) is 22.7. The van der Waals surface area contributed by atoms with E-state index in [-0.39, 0.29) is 23.0 Å². The van der Waals surface area contributed by atoms with Crippen molar-refractivity contribution in [3.63, 3.8) is 0 Å². The molecule has 6 aromatic rings. The summed E-state index contributed by atoms with van der Waals surface area (Å²) < 4.78 is 25.0. The number of methoxy groups -OCH3 is 2. The number of azide groups is 1. The van der Waals surface area contributed by atoms with E-state index in [0.717, 1.165) is 46.6 Å². The van der Waals surface area contributed by atoms with Gasteiger partial charge in [0.25, 0.3) is 0 Å². The van der Waals surface area contributed by atoms with E-state index in [0.29, 0.717) is 11.7 Å². The van der Waals surface area contributed by atoms with Crippen LogP contribution in [0, 0.1) is 10.8 Å². The van der Waals surface area contributed by atoms with Crippen LogP contribution in [0.4, 0.5) is 0 Å². The molecule has 0 radical (unpaired) electrons. The molecular weight excluding hydrogens is 779 g/mol. The van der Waals surface area contributed by atoms with E-state index < -0.39 is 5.60 Å². The first kappa shape index (κ1) is 40.9. The van der Waals surface area contributed by atoms with Crippen molar-refractivity contribution >= 4 is 16.8 Å². The molecular formula is C56H57N3O4. The summed E-state index contributed by atoms with van der Waals surface area (Å²) in [6, 6.07) is 39.2. The van der Waals surface area contributed by atoms with Gasteiger partial charge in [-0.25, -0.2) is 0 Å². The SMILES string of the molecule is COc1ccc(-c2cc3c4c(c5c(c3cc2C2CCCCC2)-c2ccccc2C52CC(C)(C)CC(C)(C)C2)C=CC(c2ccc(OC)cc2)(c2ccc(OCN=[N+]=[N-])cc2)O4)cc1. The van der Waals surface area contributed by atoms with E-state index in [4.69, 9.17) is 24.5 Å². The minimum Gasteiger partial charge on any atom is -0.497 e. The number of rotatable bonds is 9. The Bertz CT molecular complexity index is 2780. The fraction of sp³-hybridized carbons (Fsp3) is 0.357. The summed E-state index contributed by atoms with van der Waals surface area (Å²) in [6.07, 6.45) is 14.1. The van der Waals surface area contributed by atoms with E-state index in [2.05, 4.69) is 135 Å². The summed E-state index contributed by atoms with van der Waals surface area (Å²) in [5.41, 5.74) is 20.5. The summed E-state index contributed by atoms with van der Waals surface area (Å²) in [5, 5.41) is 5.97. The Kier molecular flexibility index (Phi) is 10.1. The molecule has 4 aliphatic rings. The second-order valence-corrected chi connectivity index (χ2v) is 20.0. The predicted molar refractivity (Wildman–Crippen MR) is 254 cm³/mol. The van der Waals surface area contributed by atoms with Crippen LogP contribution in [0.5, 0.6) is 23.0 Å². The van der Waals surface area contributed by atoms with Crippen LogP contribution in [0.2, 0.25) is 0 Å². The number of nitrogens with zero attached hydrogens (tertiary/aromatic N) is 3. The highest BCUT2D eigenvalue weighted by Gasteiger charge is 2.55. The molecule has 0 amide bonds. The van der Waals surface area contributed by atoms with Gasteiger partial charge in [-0.1, -0.05) is 119 Å². The van der Waals surface area contributed by atoms with Crippen LogP contribution in [0.15, 0.2) is 120 Å². The fourth-order valence-electron chi connectivity index (χ4n) is 12.7. The molecule has 0 saturated heterocycles. The van der Waals surface area contributed by atoms with Crippen LogP contribution in [-0.4, -0.2) is 21.0 Å². The lowest BCUT2D eigenvalue weighted by Gasteiger charge is -2.52. The zero-order valence-corrected chi connectivity index (χ0v) is 37.5. The van der Waals surface area contributed by atoms with E-state index in [1.807, 2.05) is 24.3 Å². The number of fused-ring (bicyclic) bond motifs is 10. The zero-order chi connectivity index (χ0) is 43.6. The average Bonchev–Trinajstić information content (AvgIpc) is 3.56. The molecule has 2 saturated carbocycles. The number of ether oxygens (including phenoxy) is 4. The van der Waals surface area contributed by atoms with Gasteiger partial charge in [0.2, 0.25) is 0 Å². The lowest BCUT2D eigenvalue weighted by molar-refractivity contribution is 0.0642. The Morgan fingerprint density at radius 1 is 0.698 bits per heavy atom. The molecule has 7 heteroatoms. The van der Waals surface area contributed by atoms with Crippen LogP contribution >= 0.6 is 0 Å². The molecule has 1 aliphatic heterocycles. The Morgan fingerprint density at radius 3 is 1.95 bits per heavy atom. The van der Waals surface area contributed by atoms with E-state index in [9.17, 15) is 0 Å². The molecule has 1 spiro atoms. The fourth-order valence-corrected chi connectivity index (χ4v) is 12.7. The van der Waals surface area contributed by atoms with Crippen LogP contribution < -0.4 is 18.9 Å². The normalized spacial score (nSPS) is 20.2. The van der Waals surface area contributed by atoms with Crippen molar-refractivity contribution in [3.8, 4) is 45.3 Å². The molecule has 1 atom stereocenters. The Hall–Kier alpha value is -6.17. The molecule has 2 fully saturated rings. The van der Waals surface area contributed by atoms with Crippen LogP contribution in [0.3, 0.4) is 0 Å². The molecule has 7 nitrogen and oxygen atoms in total. The predicted octanol–water partition coefficient (Wildman–Crippen LogP) is 15.1. The van der Waals surface area contributed by atoms with Crippen molar-refractivity contribution in [1.29, 1.82) is 0 Å². The molecule has 6 aromatic carbocycles. The van der Waals surface area contributed by atoms with Gasteiger partial charge in [-0.3, -0.25) is 0 Å². The van der Waals surface area contributed by atoms with Gasteiger partial charge in [-0.05, 0) is 153 Å². The lowest BCUT2D eigenvalue weighted by Crippen LogP contribution is -2.44. The zero-order valence-electron chi connectivity index (χ0n) is 37.5. The number of benzene rings is 6. The van der Waals surface area contributed by atoms with Crippen molar-refractivity contribution in [2.24, 2.45) is 15.9 Å². The topological polar surface area (TPSA) is 85.7 Å². The number of hydrogen-bond donors (Lipinski definition) is 0. The second-order valence-electron chi connectivity index (χ2n) is 20.0. The molecule has 0 bridgehead atoms. The summed E-state index contributed by atoms with van der Waals surface area (Å²) in [6.45, 7) is 9.83. The first-order valence-corrected chi connectivity index (χ1v) is 22.7. The van der Waals surface area contributed by atoms with Gasteiger partial charge in [-0.2, -0.15) is 0 Å². The largest absolute Gasteiger partial charge is 0.497 e. The van der Waals surface area contributed by atoms with Gasteiger partial charge in [0.15, 0.2) is 12.3 Å². The minimum absolute atomic E-state index is 0.0858. The van der Waals surface area contributed by atoms with Crippen molar-refractivity contribution in [3.05, 3.63) is 159 Å². The summed E-state index contributed by atoms with van der Waals surface area (Å²) in [4.78, 5) is 2.86. The Labute approximate surface area is 371 Å². The maximum atomic E-state index is 8.88. The molecule has 63 heavy (non-hydrogen) atoms. The molecule has 1 heterocycles. The standard InChI is InChI=1S/C56H57N3O4/c1-53(2)32-54(3,4)34-55(33-53)49-15-11-10-14-43(49)50-47-30-45(36-12-8-7-9-13-36)46(37-16-22-40(60-5)23-17-37)31-48(47)52-44(51(50)55)28-29-56(63-52,38-18-24-41(61-6)25-19-38)39-20-26-42(27-21-39)62-35-58-59-57/h10-11,14-31,36H,7-9,12-13,32-35H2,1-6H3. The van der Waals surface area contributed by atoms with Gasteiger partial charge >= 0.3 is 0 Å². The second kappa shape index (κ2) is 15.6. The molecule has 10 rings (SSSR count). The van der Waals surface area contributed by atoms with Crippen molar-refractivity contribution in [1.82, 2.24) is 0 Å². The highest BCUT2D eigenvalue weighted by atomic mass is 16.5. The third-order valence-corrected chi connectivity index (χ3v) is 14.5. The molecule has 320 valence electrons. The highest BCUT2D eigenvalue weighted by Crippen LogP contribution is 2.67. The van der Waals surface area contributed by atoms with Gasteiger partial charge in [-0.15, -0.1) is 0 Å². The quantitative estimate of drug-likeness (QED) is 0.0825. The third kappa shape index (κ3) is 6.93. The van der Waals surface area contributed by atoms with Gasteiger partial charge in [0.1, 0.15) is 23.0 Å². The van der Waals surface area contributed by atoms with Crippen molar-refractivity contribution in [2.45, 2.75) is 96.0 Å². The van der Waals surface area contributed by atoms with Gasteiger partial charge in [0.05, 0.1) is 14.2 Å². The minimum atomic E-state index is -1.00. The smallest absolute Gasteiger partial charge is 0.178 e. The molecule has 3 aliphatic carbocycles. The average molecular weight is 836 g/mol.